The molecule has 5 aliphatic rings. The lowest BCUT2D eigenvalue weighted by molar-refractivity contribution is -0.128. The lowest BCUT2D eigenvalue weighted by atomic mass is 9.54. The van der Waals surface area contributed by atoms with Crippen molar-refractivity contribution in [2.75, 3.05) is 26.2 Å². The predicted octanol–water partition coefficient (Wildman–Crippen LogP) is 5.94. The highest BCUT2D eigenvalue weighted by Gasteiger charge is 2.56. The summed E-state index contributed by atoms with van der Waals surface area (Å²) in [5, 5.41) is 3.34. The number of amides is 1. The largest absolute Gasteiger partial charge is 0.494 e. The number of nitrogens with one attached hydrogen (secondary N) is 1. The standard InChI is InChI=1S/C31H46N2O2/c1-21-5-3-16-33(21)17-4-18-35-24-9-11-25-23(19-24)8-10-27-26(25)12-14-31(2)15-13-28(29(27)31)30(34)32-20-22-6-7-22/h9,11,19,21-22,26-29H,3-8,10,12-18,20H2,1-2H3,(H,32,34)/t21-,26-,27-,28+,29-,31-/m1/s1. The molecule has 3 saturated carbocycles. The number of fused-ring (bicyclic) bond motifs is 5. The Labute approximate surface area is 212 Å². The third-order valence-corrected chi connectivity index (χ3v) is 10.7. The van der Waals surface area contributed by atoms with Crippen LogP contribution in [0.3, 0.4) is 0 Å². The molecule has 1 aliphatic heterocycles. The molecule has 0 aromatic heterocycles. The van der Waals surface area contributed by atoms with Crippen molar-refractivity contribution >= 4 is 5.91 Å². The predicted molar refractivity (Wildman–Crippen MR) is 141 cm³/mol. The summed E-state index contributed by atoms with van der Waals surface area (Å²) in [7, 11) is 0. The minimum Gasteiger partial charge on any atom is -0.494 e. The molecule has 1 saturated heterocycles. The normalized spacial score (nSPS) is 36.3. The summed E-state index contributed by atoms with van der Waals surface area (Å²) in [6, 6.07) is 7.69. The first-order valence-corrected chi connectivity index (χ1v) is 14.8. The smallest absolute Gasteiger partial charge is 0.223 e. The van der Waals surface area contributed by atoms with Gasteiger partial charge in [0.15, 0.2) is 0 Å². The topological polar surface area (TPSA) is 41.6 Å². The number of likely N-dealkylation sites (tertiary alicyclic amines) is 1. The molecule has 192 valence electrons. The van der Waals surface area contributed by atoms with Crippen LogP contribution in [0.25, 0.3) is 0 Å². The van der Waals surface area contributed by atoms with Gasteiger partial charge in [0.2, 0.25) is 5.91 Å². The Morgan fingerprint density at radius 3 is 2.80 bits per heavy atom. The van der Waals surface area contributed by atoms with E-state index in [9.17, 15) is 4.79 Å². The molecule has 4 nitrogen and oxygen atoms in total. The van der Waals surface area contributed by atoms with Gasteiger partial charge in [0, 0.05) is 25.0 Å². The van der Waals surface area contributed by atoms with Crippen LogP contribution in [0.5, 0.6) is 5.75 Å². The minimum atomic E-state index is 0.231. The average Bonchev–Trinajstić information content (AvgIpc) is 3.50. The van der Waals surface area contributed by atoms with Crippen LogP contribution in [0.1, 0.15) is 95.1 Å². The fourth-order valence-electron chi connectivity index (χ4n) is 8.49. The number of nitrogens with zero attached hydrogens (tertiary/aromatic N) is 1. The first-order chi connectivity index (χ1) is 17.0. The second-order valence-corrected chi connectivity index (χ2v) is 13.0. The van der Waals surface area contributed by atoms with Gasteiger partial charge in [-0.25, -0.2) is 0 Å². The van der Waals surface area contributed by atoms with E-state index in [4.69, 9.17) is 4.74 Å². The SMILES string of the molecule is C[C@@H]1CCCN1CCCOc1ccc2c(c1)CC[C@H]1[C@@H]3[C@@H](C(=O)NCC4CC4)CC[C@@]3(C)CC[C@H]21. The van der Waals surface area contributed by atoms with Crippen LogP contribution in [0.15, 0.2) is 18.2 Å². The van der Waals surface area contributed by atoms with Gasteiger partial charge in [-0.2, -0.15) is 0 Å². The molecule has 6 rings (SSSR count). The molecule has 0 bridgehead atoms. The van der Waals surface area contributed by atoms with Crippen molar-refractivity contribution in [3.05, 3.63) is 29.3 Å². The zero-order valence-corrected chi connectivity index (χ0v) is 22.1. The third-order valence-electron chi connectivity index (χ3n) is 10.7. The lowest BCUT2D eigenvalue weighted by Crippen LogP contribution is -2.46. The molecular weight excluding hydrogens is 432 g/mol. The van der Waals surface area contributed by atoms with Gasteiger partial charge in [-0.15, -0.1) is 0 Å². The van der Waals surface area contributed by atoms with Gasteiger partial charge in [0.1, 0.15) is 5.75 Å². The van der Waals surface area contributed by atoms with E-state index in [1.807, 2.05) is 0 Å². The quantitative estimate of drug-likeness (QED) is 0.470. The van der Waals surface area contributed by atoms with Gasteiger partial charge < -0.3 is 15.0 Å². The first-order valence-electron chi connectivity index (χ1n) is 14.8. The molecule has 4 fully saturated rings. The van der Waals surface area contributed by atoms with Crippen molar-refractivity contribution in [3.8, 4) is 5.75 Å². The van der Waals surface area contributed by atoms with E-state index in [1.54, 1.807) is 5.56 Å². The Bertz CT molecular complexity index is 927. The summed E-state index contributed by atoms with van der Waals surface area (Å²) in [5.74, 6) is 4.24. The van der Waals surface area contributed by atoms with Crippen molar-refractivity contribution in [2.45, 2.75) is 96.4 Å². The number of rotatable bonds is 8. The molecule has 0 spiro atoms. The Morgan fingerprint density at radius 1 is 1.14 bits per heavy atom. The number of ether oxygens (including phenoxy) is 1. The zero-order chi connectivity index (χ0) is 24.0. The van der Waals surface area contributed by atoms with Gasteiger partial charge in [0.05, 0.1) is 6.61 Å². The molecule has 1 aromatic rings. The highest BCUT2D eigenvalue weighted by atomic mass is 16.5. The maximum atomic E-state index is 13.2. The van der Waals surface area contributed by atoms with Crippen molar-refractivity contribution < 1.29 is 9.53 Å². The Hall–Kier alpha value is -1.55. The Kier molecular flexibility index (Phi) is 6.62. The number of carbonyl (C=O) groups excluding carboxylic acids is 1. The Balaban J connectivity index is 1.10. The molecular formula is C31H46N2O2. The second kappa shape index (κ2) is 9.72. The fourth-order valence-corrected chi connectivity index (χ4v) is 8.49. The molecule has 6 atom stereocenters. The van der Waals surface area contributed by atoms with Gasteiger partial charge in [0.25, 0.3) is 0 Å². The van der Waals surface area contributed by atoms with Crippen LogP contribution >= 0.6 is 0 Å². The zero-order valence-electron chi connectivity index (χ0n) is 22.1. The molecule has 4 aliphatic carbocycles. The molecule has 1 aromatic carbocycles. The van der Waals surface area contributed by atoms with Crippen LogP contribution in [-0.4, -0.2) is 43.1 Å². The van der Waals surface area contributed by atoms with Crippen LogP contribution < -0.4 is 10.1 Å². The highest BCUT2D eigenvalue weighted by Crippen LogP contribution is 2.62. The molecule has 1 amide bonds. The van der Waals surface area contributed by atoms with E-state index in [2.05, 4.69) is 42.3 Å². The summed E-state index contributed by atoms with van der Waals surface area (Å²) in [6.07, 6.45) is 13.7. The summed E-state index contributed by atoms with van der Waals surface area (Å²) in [6.45, 7) is 8.99. The van der Waals surface area contributed by atoms with E-state index in [0.717, 1.165) is 56.7 Å². The van der Waals surface area contributed by atoms with Crippen LogP contribution in [0, 0.1) is 29.1 Å². The van der Waals surface area contributed by atoms with Crippen LogP contribution in [0.2, 0.25) is 0 Å². The number of hydrogen-bond donors (Lipinski definition) is 1. The van der Waals surface area contributed by atoms with Crippen LogP contribution in [-0.2, 0) is 11.2 Å². The minimum absolute atomic E-state index is 0.231. The summed E-state index contributed by atoms with van der Waals surface area (Å²) >= 11 is 0. The van der Waals surface area contributed by atoms with Crippen molar-refractivity contribution in [2.24, 2.45) is 29.1 Å². The number of carbonyl (C=O) groups is 1. The van der Waals surface area contributed by atoms with Gasteiger partial charge in [-0.05, 0) is 136 Å². The summed E-state index contributed by atoms with van der Waals surface area (Å²) in [4.78, 5) is 15.8. The van der Waals surface area contributed by atoms with Crippen molar-refractivity contribution in [1.82, 2.24) is 10.2 Å². The molecule has 0 radical (unpaired) electrons. The summed E-state index contributed by atoms with van der Waals surface area (Å²) < 4.78 is 6.21. The summed E-state index contributed by atoms with van der Waals surface area (Å²) in [5.41, 5.74) is 3.43. The maximum Gasteiger partial charge on any atom is 0.223 e. The van der Waals surface area contributed by atoms with E-state index in [-0.39, 0.29) is 5.92 Å². The number of aryl methyl sites for hydroxylation is 1. The van der Waals surface area contributed by atoms with Crippen molar-refractivity contribution in [1.29, 1.82) is 0 Å². The number of benzene rings is 1. The first kappa shape index (κ1) is 23.8. The molecule has 1 N–H and O–H groups in total. The van der Waals surface area contributed by atoms with E-state index < -0.39 is 0 Å². The van der Waals surface area contributed by atoms with Gasteiger partial charge in [-0.1, -0.05) is 13.0 Å². The molecule has 1 heterocycles. The Morgan fingerprint density at radius 2 is 2.00 bits per heavy atom. The second-order valence-electron chi connectivity index (χ2n) is 13.0. The maximum absolute atomic E-state index is 13.2. The van der Waals surface area contributed by atoms with Crippen LogP contribution in [0.4, 0.5) is 0 Å². The number of hydrogen-bond acceptors (Lipinski definition) is 3. The third kappa shape index (κ3) is 4.77. The monoisotopic (exact) mass is 478 g/mol. The van der Waals surface area contributed by atoms with E-state index >= 15 is 0 Å². The highest BCUT2D eigenvalue weighted by molar-refractivity contribution is 5.79. The molecule has 35 heavy (non-hydrogen) atoms. The average molecular weight is 479 g/mol. The lowest BCUT2D eigenvalue weighted by Gasteiger charge is -2.50. The fraction of sp³-hybridized carbons (Fsp3) is 0.774. The van der Waals surface area contributed by atoms with E-state index in [0.29, 0.717) is 29.1 Å². The van der Waals surface area contributed by atoms with Gasteiger partial charge >= 0.3 is 0 Å². The molecule has 0 unspecified atom stereocenters. The van der Waals surface area contributed by atoms with Gasteiger partial charge in [-0.3, -0.25) is 4.79 Å². The molecule has 4 heteroatoms. The van der Waals surface area contributed by atoms with E-state index in [1.165, 1.54) is 63.5 Å². The van der Waals surface area contributed by atoms with Crippen molar-refractivity contribution in [3.63, 3.8) is 0 Å².